The molecule has 0 atom stereocenters. The van der Waals surface area contributed by atoms with Crippen LogP contribution < -0.4 is 11.1 Å². The van der Waals surface area contributed by atoms with Crippen molar-refractivity contribution in [2.45, 2.75) is 19.9 Å². The molecule has 8 nitrogen and oxygen atoms in total. The smallest absolute Gasteiger partial charge is 0.338 e. The Bertz CT molecular complexity index is 818. The summed E-state index contributed by atoms with van der Waals surface area (Å²) in [6, 6.07) is 10.7. The largest absolute Gasteiger partial charge is 0.462 e. The maximum Gasteiger partial charge on any atom is 0.338 e. The van der Waals surface area contributed by atoms with Gasteiger partial charge in [-0.3, -0.25) is 14.9 Å². The number of hydrogen-bond donors (Lipinski definition) is 2. The molecule has 8 heteroatoms. The first-order valence-electron chi connectivity index (χ1n) is 8.00. The number of ether oxygens (including phenoxy) is 1. The van der Waals surface area contributed by atoms with E-state index in [9.17, 15) is 19.7 Å². The van der Waals surface area contributed by atoms with Crippen molar-refractivity contribution >= 4 is 23.3 Å². The van der Waals surface area contributed by atoms with Gasteiger partial charge in [0, 0.05) is 29.4 Å². The zero-order chi connectivity index (χ0) is 19.1. The Morgan fingerprint density at radius 2 is 1.81 bits per heavy atom. The summed E-state index contributed by atoms with van der Waals surface area (Å²) in [5, 5.41) is 14.2. The van der Waals surface area contributed by atoms with E-state index in [0.717, 1.165) is 12.5 Å². The lowest BCUT2D eigenvalue weighted by Gasteiger charge is -2.09. The number of carbonyl (C=O) groups is 2. The number of nitrogens with two attached hydrogens (primary N) is 1. The highest BCUT2D eigenvalue weighted by Crippen LogP contribution is 2.22. The molecule has 0 bridgehead atoms. The van der Waals surface area contributed by atoms with Gasteiger partial charge in [0.1, 0.15) is 0 Å². The van der Waals surface area contributed by atoms with Crippen LogP contribution in [0.5, 0.6) is 0 Å². The number of nitrogens with zero attached hydrogens (tertiary/aromatic N) is 1. The standard InChI is InChI=1S/C18H19N3O5/c1-2-9-26-18(23)12-5-7-15(8-6-12)20-11-14-4-3-13(17(19)22)10-16(14)21(24)25/h3-8,10,20H,2,9,11H2,1H3,(H2,19,22). The van der Waals surface area contributed by atoms with Crippen molar-refractivity contribution in [2.75, 3.05) is 11.9 Å². The Kier molecular flexibility index (Phi) is 6.26. The lowest BCUT2D eigenvalue weighted by Crippen LogP contribution is -2.12. The molecule has 0 fully saturated rings. The second-order valence-corrected chi connectivity index (χ2v) is 5.53. The van der Waals surface area contributed by atoms with E-state index < -0.39 is 16.8 Å². The van der Waals surface area contributed by atoms with Crippen LogP contribution in [-0.2, 0) is 11.3 Å². The van der Waals surface area contributed by atoms with Gasteiger partial charge < -0.3 is 15.8 Å². The van der Waals surface area contributed by atoms with Crippen molar-refractivity contribution in [3.8, 4) is 0 Å². The summed E-state index contributed by atoms with van der Waals surface area (Å²) in [5.74, 6) is -1.12. The fourth-order valence-corrected chi connectivity index (χ4v) is 2.24. The van der Waals surface area contributed by atoms with E-state index in [2.05, 4.69) is 5.32 Å². The molecule has 2 aromatic rings. The average molecular weight is 357 g/mol. The molecular weight excluding hydrogens is 338 g/mol. The van der Waals surface area contributed by atoms with Crippen LogP contribution in [0.1, 0.15) is 39.6 Å². The normalized spacial score (nSPS) is 10.2. The predicted molar refractivity (Wildman–Crippen MR) is 96.0 cm³/mol. The molecule has 0 unspecified atom stereocenters. The zero-order valence-corrected chi connectivity index (χ0v) is 14.2. The summed E-state index contributed by atoms with van der Waals surface area (Å²) in [4.78, 5) is 33.5. The van der Waals surface area contributed by atoms with E-state index >= 15 is 0 Å². The van der Waals surface area contributed by atoms with E-state index in [1.165, 1.54) is 12.1 Å². The van der Waals surface area contributed by atoms with Crippen LogP contribution >= 0.6 is 0 Å². The van der Waals surface area contributed by atoms with Gasteiger partial charge in [0.05, 0.1) is 17.1 Å². The van der Waals surface area contributed by atoms with Crippen LogP contribution in [0.2, 0.25) is 0 Å². The van der Waals surface area contributed by atoms with E-state index in [1.54, 1.807) is 24.3 Å². The first kappa shape index (κ1) is 18.9. The maximum absolute atomic E-state index is 11.7. The molecule has 0 saturated heterocycles. The Morgan fingerprint density at radius 3 is 2.38 bits per heavy atom. The van der Waals surface area contributed by atoms with Gasteiger partial charge in [-0.15, -0.1) is 0 Å². The molecule has 0 heterocycles. The molecule has 2 rings (SSSR count). The number of primary amides is 1. The third-order valence-electron chi connectivity index (χ3n) is 3.61. The molecule has 0 radical (unpaired) electrons. The Hall–Kier alpha value is -3.42. The highest BCUT2D eigenvalue weighted by Gasteiger charge is 2.16. The SMILES string of the molecule is CCCOC(=O)c1ccc(NCc2ccc(C(N)=O)cc2[N+](=O)[O-])cc1. The molecular formula is C18H19N3O5. The van der Waals surface area contributed by atoms with Crippen LogP contribution in [0.3, 0.4) is 0 Å². The van der Waals surface area contributed by atoms with Crippen LogP contribution in [0, 0.1) is 10.1 Å². The molecule has 0 aliphatic carbocycles. The number of anilines is 1. The van der Waals surface area contributed by atoms with Crippen LogP contribution in [0.25, 0.3) is 0 Å². The van der Waals surface area contributed by atoms with Crippen molar-refractivity contribution in [2.24, 2.45) is 5.73 Å². The van der Waals surface area contributed by atoms with Crippen LogP contribution in [0.15, 0.2) is 42.5 Å². The molecule has 0 aliphatic heterocycles. The minimum Gasteiger partial charge on any atom is -0.462 e. The number of nitro groups is 1. The van der Waals surface area contributed by atoms with Gasteiger partial charge in [0.25, 0.3) is 5.69 Å². The van der Waals surface area contributed by atoms with Crippen LogP contribution in [0.4, 0.5) is 11.4 Å². The summed E-state index contributed by atoms with van der Waals surface area (Å²) >= 11 is 0. The number of nitro benzene ring substituents is 1. The van der Waals surface area contributed by atoms with Gasteiger partial charge in [-0.1, -0.05) is 6.92 Å². The lowest BCUT2D eigenvalue weighted by atomic mass is 10.1. The molecule has 3 N–H and O–H groups in total. The number of benzene rings is 2. The second-order valence-electron chi connectivity index (χ2n) is 5.53. The van der Waals surface area contributed by atoms with Crippen molar-refractivity contribution in [1.82, 2.24) is 0 Å². The molecule has 0 spiro atoms. The molecule has 26 heavy (non-hydrogen) atoms. The van der Waals surface area contributed by atoms with E-state index in [0.29, 0.717) is 23.4 Å². The van der Waals surface area contributed by atoms with Crippen LogP contribution in [-0.4, -0.2) is 23.4 Å². The predicted octanol–water partition coefficient (Wildman–Crippen LogP) is 2.87. The van der Waals surface area contributed by atoms with Gasteiger partial charge in [0.2, 0.25) is 5.91 Å². The highest BCUT2D eigenvalue weighted by molar-refractivity contribution is 5.93. The number of carbonyl (C=O) groups excluding carboxylic acids is 2. The maximum atomic E-state index is 11.7. The fourth-order valence-electron chi connectivity index (χ4n) is 2.24. The monoisotopic (exact) mass is 357 g/mol. The van der Waals surface area contributed by atoms with Crippen molar-refractivity contribution in [1.29, 1.82) is 0 Å². The van der Waals surface area contributed by atoms with Gasteiger partial charge in [-0.25, -0.2) is 4.79 Å². The van der Waals surface area contributed by atoms with Gasteiger partial charge in [0.15, 0.2) is 0 Å². The Morgan fingerprint density at radius 1 is 1.15 bits per heavy atom. The summed E-state index contributed by atoms with van der Waals surface area (Å²) < 4.78 is 5.05. The number of hydrogen-bond acceptors (Lipinski definition) is 6. The molecule has 0 aliphatic rings. The topological polar surface area (TPSA) is 125 Å². The average Bonchev–Trinajstić information content (AvgIpc) is 2.64. The third-order valence-corrected chi connectivity index (χ3v) is 3.61. The third kappa shape index (κ3) is 4.79. The zero-order valence-electron chi connectivity index (χ0n) is 14.2. The molecule has 136 valence electrons. The summed E-state index contributed by atoms with van der Waals surface area (Å²) in [6.45, 7) is 2.45. The highest BCUT2D eigenvalue weighted by atomic mass is 16.6. The lowest BCUT2D eigenvalue weighted by molar-refractivity contribution is -0.385. The van der Waals surface area contributed by atoms with Crippen molar-refractivity contribution < 1.29 is 19.2 Å². The first-order valence-corrected chi connectivity index (χ1v) is 8.00. The fraction of sp³-hybridized carbons (Fsp3) is 0.222. The van der Waals surface area contributed by atoms with E-state index in [4.69, 9.17) is 10.5 Å². The van der Waals surface area contributed by atoms with Crippen molar-refractivity contribution in [3.63, 3.8) is 0 Å². The molecule has 2 aromatic carbocycles. The molecule has 1 amide bonds. The van der Waals surface area contributed by atoms with Gasteiger partial charge >= 0.3 is 5.97 Å². The first-order chi connectivity index (χ1) is 12.4. The Balaban J connectivity index is 2.08. The second kappa shape index (κ2) is 8.61. The van der Waals surface area contributed by atoms with E-state index in [-0.39, 0.29) is 17.8 Å². The molecule has 0 aromatic heterocycles. The summed E-state index contributed by atoms with van der Waals surface area (Å²) in [6.07, 6.45) is 0.749. The number of nitrogens with one attached hydrogen (secondary N) is 1. The number of esters is 1. The summed E-state index contributed by atoms with van der Waals surface area (Å²) in [7, 11) is 0. The minimum atomic E-state index is -0.724. The minimum absolute atomic E-state index is 0.0791. The van der Waals surface area contributed by atoms with Gasteiger partial charge in [-0.05, 0) is 42.8 Å². The van der Waals surface area contributed by atoms with Crippen molar-refractivity contribution in [3.05, 3.63) is 69.3 Å². The van der Waals surface area contributed by atoms with E-state index in [1.807, 2.05) is 6.92 Å². The number of amides is 1. The number of rotatable bonds is 8. The quantitative estimate of drug-likeness (QED) is 0.425. The molecule has 0 saturated carbocycles. The summed E-state index contributed by atoms with van der Waals surface area (Å²) in [5.41, 5.74) is 6.57. The van der Waals surface area contributed by atoms with Gasteiger partial charge in [-0.2, -0.15) is 0 Å². The Labute approximate surface area is 150 Å².